The van der Waals surface area contributed by atoms with E-state index in [0.717, 1.165) is 34.6 Å². The standard InChI is InChI=1S/C24H27NO3/c1-25(2)16-19(17-10-13-23(27-4)24(15-17)28-5)14-18-11-12-22(26-3)21-9-7-6-8-20(18)21/h6-13,15-16H,14H2,1-5H3/b19-16+. The molecule has 0 saturated carbocycles. The van der Waals surface area contributed by atoms with Gasteiger partial charge in [0.2, 0.25) is 0 Å². The first-order valence-corrected chi connectivity index (χ1v) is 9.21. The Bertz CT molecular complexity index is 992. The van der Waals surface area contributed by atoms with Crippen molar-refractivity contribution in [2.45, 2.75) is 6.42 Å². The van der Waals surface area contributed by atoms with Gasteiger partial charge in [0.15, 0.2) is 11.5 Å². The van der Waals surface area contributed by atoms with Crippen molar-refractivity contribution in [2.24, 2.45) is 0 Å². The molecule has 0 amide bonds. The van der Waals surface area contributed by atoms with E-state index in [4.69, 9.17) is 14.2 Å². The largest absolute Gasteiger partial charge is 0.496 e. The Labute approximate surface area is 167 Å². The number of ether oxygens (including phenoxy) is 3. The average Bonchev–Trinajstić information content (AvgIpc) is 2.72. The topological polar surface area (TPSA) is 30.9 Å². The molecule has 0 fully saturated rings. The lowest BCUT2D eigenvalue weighted by Gasteiger charge is -2.17. The number of rotatable bonds is 7. The molecule has 3 rings (SSSR count). The van der Waals surface area contributed by atoms with Gasteiger partial charge in [0.05, 0.1) is 21.3 Å². The van der Waals surface area contributed by atoms with Crippen LogP contribution in [0.2, 0.25) is 0 Å². The molecule has 0 N–H and O–H groups in total. The van der Waals surface area contributed by atoms with Gasteiger partial charge in [-0.15, -0.1) is 0 Å². The third-order valence-corrected chi connectivity index (χ3v) is 4.74. The molecule has 0 aromatic heterocycles. The Morgan fingerprint density at radius 3 is 2.07 bits per heavy atom. The van der Waals surface area contributed by atoms with Gasteiger partial charge in [-0.3, -0.25) is 0 Å². The van der Waals surface area contributed by atoms with Gasteiger partial charge in [-0.1, -0.05) is 36.4 Å². The summed E-state index contributed by atoms with van der Waals surface area (Å²) in [7, 11) is 9.09. The summed E-state index contributed by atoms with van der Waals surface area (Å²) < 4.78 is 16.4. The van der Waals surface area contributed by atoms with E-state index in [1.807, 2.05) is 38.4 Å². The van der Waals surface area contributed by atoms with Crippen LogP contribution in [0, 0.1) is 0 Å². The van der Waals surface area contributed by atoms with Crippen LogP contribution in [0.25, 0.3) is 16.3 Å². The molecule has 0 aliphatic carbocycles. The number of allylic oxidation sites excluding steroid dienone is 1. The fraction of sp³-hybridized carbons (Fsp3) is 0.250. The highest BCUT2D eigenvalue weighted by atomic mass is 16.5. The first-order valence-electron chi connectivity index (χ1n) is 9.21. The Hall–Kier alpha value is -3.14. The zero-order chi connectivity index (χ0) is 20.1. The van der Waals surface area contributed by atoms with E-state index in [1.165, 1.54) is 16.5 Å². The molecule has 3 aromatic rings. The molecule has 4 nitrogen and oxygen atoms in total. The highest BCUT2D eigenvalue weighted by Crippen LogP contribution is 2.34. The summed E-state index contributed by atoms with van der Waals surface area (Å²) in [5, 5.41) is 2.32. The lowest BCUT2D eigenvalue weighted by molar-refractivity contribution is 0.355. The van der Waals surface area contributed by atoms with Gasteiger partial charge < -0.3 is 19.1 Å². The van der Waals surface area contributed by atoms with Crippen LogP contribution in [0.3, 0.4) is 0 Å². The van der Waals surface area contributed by atoms with Crippen LogP contribution in [-0.4, -0.2) is 40.3 Å². The zero-order valence-electron chi connectivity index (χ0n) is 17.2. The summed E-state index contributed by atoms with van der Waals surface area (Å²) in [5.41, 5.74) is 3.55. The Morgan fingerprint density at radius 1 is 0.786 bits per heavy atom. The lowest BCUT2D eigenvalue weighted by atomic mass is 9.94. The van der Waals surface area contributed by atoms with E-state index in [9.17, 15) is 0 Å². The van der Waals surface area contributed by atoms with Crippen molar-refractivity contribution in [3.63, 3.8) is 0 Å². The maximum Gasteiger partial charge on any atom is 0.161 e. The van der Waals surface area contributed by atoms with E-state index in [0.29, 0.717) is 0 Å². The predicted molar refractivity (Wildman–Crippen MR) is 115 cm³/mol. The fourth-order valence-electron chi connectivity index (χ4n) is 3.44. The van der Waals surface area contributed by atoms with Gasteiger partial charge in [-0.2, -0.15) is 0 Å². The predicted octanol–water partition coefficient (Wildman–Crippen LogP) is 5.01. The van der Waals surface area contributed by atoms with E-state index in [1.54, 1.807) is 21.3 Å². The van der Waals surface area contributed by atoms with Crippen molar-refractivity contribution in [1.82, 2.24) is 4.90 Å². The van der Waals surface area contributed by atoms with Crippen molar-refractivity contribution in [3.8, 4) is 17.2 Å². The molecule has 3 aromatic carbocycles. The minimum atomic E-state index is 0.726. The zero-order valence-corrected chi connectivity index (χ0v) is 17.2. The average molecular weight is 377 g/mol. The number of fused-ring (bicyclic) bond motifs is 1. The quantitative estimate of drug-likeness (QED) is 0.579. The lowest BCUT2D eigenvalue weighted by Crippen LogP contribution is -2.05. The van der Waals surface area contributed by atoms with Crippen molar-refractivity contribution >= 4 is 16.3 Å². The second-order valence-corrected chi connectivity index (χ2v) is 6.84. The molecule has 0 aliphatic rings. The molecule has 0 radical (unpaired) electrons. The normalized spacial score (nSPS) is 11.4. The summed E-state index contributed by atoms with van der Waals surface area (Å²) >= 11 is 0. The maximum absolute atomic E-state index is 5.54. The molecule has 0 saturated heterocycles. The van der Waals surface area contributed by atoms with Gasteiger partial charge in [-0.25, -0.2) is 0 Å². The van der Waals surface area contributed by atoms with Crippen molar-refractivity contribution in [3.05, 3.63) is 71.9 Å². The smallest absolute Gasteiger partial charge is 0.161 e. The van der Waals surface area contributed by atoms with Gasteiger partial charge in [0.25, 0.3) is 0 Å². The number of nitrogens with zero attached hydrogens (tertiary/aromatic N) is 1. The molecule has 0 aliphatic heterocycles. The Morgan fingerprint density at radius 2 is 1.43 bits per heavy atom. The van der Waals surface area contributed by atoms with Crippen LogP contribution in [0.1, 0.15) is 11.1 Å². The summed E-state index contributed by atoms with van der Waals surface area (Å²) in [6.07, 6.45) is 2.94. The molecule has 28 heavy (non-hydrogen) atoms. The van der Waals surface area contributed by atoms with Crippen LogP contribution >= 0.6 is 0 Å². The number of benzene rings is 3. The molecule has 0 unspecified atom stereocenters. The first-order chi connectivity index (χ1) is 13.6. The van der Waals surface area contributed by atoms with Crippen LogP contribution < -0.4 is 14.2 Å². The second-order valence-electron chi connectivity index (χ2n) is 6.84. The van der Waals surface area contributed by atoms with Crippen molar-refractivity contribution in [2.75, 3.05) is 35.4 Å². The number of hydrogen-bond donors (Lipinski definition) is 0. The van der Waals surface area contributed by atoms with E-state index in [-0.39, 0.29) is 0 Å². The summed E-state index contributed by atoms with van der Waals surface area (Å²) in [6, 6.07) is 18.6. The number of hydrogen-bond acceptors (Lipinski definition) is 4. The van der Waals surface area contributed by atoms with Crippen LogP contribution in [0.5, 0.6) is 17.2 Å². The molecular weight excluding hydrogens is 350 g/mol. The van der Waals surface area contributed by atoms with E-state index in [2.05, 4.69) is 41.4 Å². The SMILES string of the molecule is COc1ccc(/C(=C/N(C)C)Cc2ccc(OC)c3ccccc23)cc1OC. The van der Waals surface area contributed by atoms with Crippen LogP contribution in [0.4, 0.5) is 0 Å². The second kappa shape index (κ2) is 8.70. The third kappa shape index (κ3) is 4.06. The number of methoxy groups -OCH3 is 3. The van der Waals surface area contributed by atoms with Crippen LogP contribution in [-0.2, 0) is 6.42 Å². The highest BCUT2D eigenvalue weighted by molar-refractivity contribution is 5.92. The van der Waals surface area contributed by atoms with Crippen LogP contribution in [0.15, 0.2) is 60.8 Å². The van der Waals surface area contributed by atoms with E-state index >= 15 is 0 Å². The Balaban J connectivity index is 2.07. The molecule has 4 heteroatoms. The first kappa shape index (κ1) is 19.6. The molecule has 146 valence electrons. The monoisotopic (exact) mass is 377 g/mol. The van der Waals surface area contributed by atoms with Crippen molar-refractivity contribution < 1.29 is 14.2 Å². The summed E-state index contributed by atoms with van der Waals surface area (Å²) in [6.45, 7) is 0. The summed E-state index contributed by atoms with van der Waals surface area (Å²) in [5.74, 6) is 2.35. The van der Waals surface area contributed by atoms with E-state index < -0.39 is 0 Å². The summed E-state index contributed by atoms with van der Waals surface area (Å²) in [4.78, 5) is 2.07. The minimum Gasteiger partial charge on any atom is -0.496 e. The third-order valence-electron chi connectivity index (χ3n) is 4.74. The molecule has 0 bridgehead atoms. The molecule has 0 atom stereocenters. The van der Waals surface area contributed by atoms with Crippen molar-refractivity contribution in [1.29, 1.82) is 0 Å². The maximum atomic E-state index is 5.54. The van der Waals surface area contributed by atoms with Gasteiger partial charge in [-0.05, 0) is 40.3 Å². The Kier molecular flexibility index (Phi) is 6.09. The highest BCUT2D eigenvalue weighted by Gasteiger charge is 2.12. The van der Waals surface area contributed by atoms with Gasteiger partial charge >= 0.3 is 0 Å². The molecular formula is C24H27NO3. The molecule has 0 heterocycles. The van der Waals surface area contributed by atoms with Gasteiger partial charge in [0.1, 0.15) is 5.75 Å². The van der Waals surface area contributed by atoms with Gasteiger partial charge in [0, 0.05) is 32.1 Å². The fourth-order valence-corrected chi connectivity index (χ4v) is 3.44. The minimum absolute atomic E-state index is 0.726. The molecule has 0 spiro atoms.